The highest BCUT2D eigenvalue weighted by Gasteiger charge is 1.88. The first-order valence-corrected chi connectivity index (χ1v) is 10.4. The number of allylic oxidation sites excluding steroid dienone is 8. The quantitative estimate of drug-likeness (QED) is 0.237. The molecule has 0 aliphatic heterocycles. The maximum Gasteiger partial charge on any atom is 0.0675 e. The second-order valence-electron chi connectivity index (χ2n) is 8.04. The summed E-state index contributed by atoms with van der Waals surface area (Å²) >= 11 is 0. The van der Waals surface area contributed by atoms with E-state index in [2.05, 4.69) is 77.6 Å². The fourth-order valence-electron chi connectivity index (χ4n) is 1.93. The lowest BCUT2D eigenvalue weighted by Crippen LogP contribution is -2.27. The Hall–Kier alpha value is -1.61. The lowest BCUT2D eigenvalue weighted by Gasteiger charge is -2.14. The maximum absolute atomic E-state index is 10.2. The summed E-state index contributed by atoms with van der Waals surface area (Å²) in [7, 11) is 8.50. The Balaban J connectivity index is 0. The Morgan fingerprint density at radius 1 is 0.704 bits per heavy atom. The summed E-state index contributed by atoms with van der Waals surface area (Å²) in [5.41, 5.74) is 0. The van der Waals surface area contributed by atoms with Gasteiger partial charge in [0, 0.05) is 5.97 Å². The lowest BCUT2D eigenvalue weighted by atomic mass is 10.2. The van der Waals surface area contributed by atoms with E-state index in [0.29, 0.717) is 6.42 Å². The van der Waals surface area contributed by atoms with E-state index in [1.54, 1.807) is 0 Å². The van der Waals surface area contributed by atoms with Crippen LogP contribution in [0.2, 0.25) is 0 Å². The van der Waals surface area contributed by atoms with Gasteiger partial charge in [-0.15, -0.1) is 0 Å². The minimum atomic E-state index is -0.962. The van der Waals surface area contributed by atoms with Gasteiger partial charge in [0.1, 0.15) is 0 Å². The summed E-state index contributed by atoms with van der Waals surface area (Å²) in [6.07, 6.45) is 27.0. The molecule has 0 amide bonds. The number of carbonyl (C=O) groups excluding carboxylic acids is 1. The summed E-state index contributed by atoms with van der Waals surface area (Å²) in [5, 5.41) is 10.2. The van der Waals surface area contributed by atoms with Crippen LogP contribution in [0.4, 0.5) is 0 Å². The van der Waals surface area contributed by atoms with Crippen molar-refractivity contribution in [1.82, 2.24) is 0 Å². The molecule has 0 heterocycles. The van der Waals surface area contributed by atoms with E-state index in [-0.39, 0.29) is 6.42 Å². The third kappa shape index (κ3) is 40.4. The highest BCUT2D eigenvalue weighted by atomic mass is 16.4. The predicted molar refractivity (Wildman–Crippen MR) is 117 cm³/mol. The van der Waals surface area contributed by atoms with E-state index in [1.807, 2.05) is 6.08 Å². The smallest absolute Gasteiger partial charge is 0.0675 e. The highest BCUT2D eigenvalue weighted by molar-refractivity contribution is 5.64. The fourth-order valence-corrected chi connectivity index (χ4v) is 1.93. The number of unbranched alkanes of at least 4 members (excludes halogenated alkanes) is 4. The van der Waals surface area contributed by atoms with Gasteiger partial charge in [0.25, 0.3) is 0 Å². The molecule has 0 aliphatic rings. The Morgan fingerprint density at radius 2 is 1.07 bits per heavy atom. The molecule has 0 aliphatic carbocycles. The molecule has 3 nitrogen and oxygen atoms in total. The molecule has 0 saturated heterocycles. The normalized spacial score (nSPS) is 12.3. The second-order valence-corrected chi connectivity index (χ2v) is 8.04. The summed E-state index contributed by atoms with van der Waals surface area (Å²) in [5.74, 6) is -0.962. The van der Waals surface area contributed by atoms with Gasteiger partial charge >= 0.3 is 0 Å². The van der Waals surface area contributed by atoms with Crippen LogP contribution in [-0.4, -0.2) is 38.6 Å². The van der Waals surface area contributed by atoms with Crippen LogP contribution < -0.4 is 5.11 Å². The molecule has 3 heteroatoms. The van der Waals surface area contributed by atoms with Crippen molar-refractivity contribution in [2.45, 2.75) is 71.1 Å². The van der Waals surface area contributed by atoms with Crippen molar-refractivity contribution in [3.63, 3.8) is 0 Å². The number of carboxylic acid groups (broad SMARTS) is 1. The van der Waals surface area contributed by atoms with E-state index in [9.17, 15) is 9.90 Å². The molecule has 0 aromatic rings. The molecular formula is C24H43NO2. The maximum atomic E-state index is 10.2. The van der Waals surface area contributed by atoms with Gasteiger partial charge < -0.3 is 14.4 Å². The molecule has 0 unspecified atom stereocenters. The summed E-state index contributed by atoms with van der Waals surface area (Å²) < 4.78 is 1.00. The van der Waals surface area contributed by atoms with E-state index in [0.717, 1.165) is 30.2 Å². The van der Waals surface area contributed by atoms with Gasteiger partial charge in [0.15, 0.2) is 0 Å². The van der Waals surface area contributed by atoms with E-state index < -0.39 is 5.97 Å². The zero-order valence-electron chi connectivity index (χ0n) is 18.5. The number of carbonyl (C=O) groups is 1. The third-order valence-corrected chi connectivity index (χ3v) is 3.21. The van der Waals surface area contributed by atoms with Crippen LogP contribution in [0.15, 0.2) is 48.6 Å². The van der Waals surface area contributed by atoms with Crippen LogP contribution in [-0.2, 0) is 4.79 Å². The van der Waals surface area contributed by atoms with Gasteiger partial charge in [0.2, 0.25) is 0 Å². The van der Waals surface area contributed by atoms with Crippen molar-refractivity contribution in [2.75, 3.05) is 28.2 Å². The first-order chi connectivity index (χ1) is 12.8. The third-order valence-electron chi connectivity index (χ3n) is 3.21. The zero-order valence-corrected chi connectivity index (χ0v) is 18.5. The van der Waals surface area contributed by atoms with Crippen LogP contribution in [0.1, 0.15) is 71.1 Å². The topological polar surface area (TPSA) is 40.1 Å². The second kappa shape index (κ2) is 20.7. The first-order valence-electron chi connectivity index (χ1n) is 10.4. The summed E-state index contributed by atoms with van der Waals surface area (Å²) in [4.78, 5) is 10.2. The predicted octanol–water partition coefficient (Wildman–Crippen LogP) is 5.20. The molecule has 27 heavy (non-hydrogen) atoms. The molecule has 0 radical (unpaired) electrons. The van der Waals surface area contributed by atoms with Crippen LogP contribution in [0.5, 0.6) is 0 Å². The van der Waals surface area contributed by atoms with Crippen molar-refractivity contribution in [3.05, 3.63) is 48.6 Å². The molecule has 0 bridgehead atoms. The van der Waals surface area contributed by atoms with E-state index in [1.165, 1.54) is 25.7 Å². The molecule has 156 valence electrons. The van der Waals surface area contributed by atoms with Gasteiger partial charge in [0.05, 0.1) is 28.2 Å². The van der Waals surface area contributed by atoms with Gasteiger partial charge in [-0.1, -0.05) is 68.4 Å². The Kier molecular flexibility index (Phi) is 21.2. The molecule has 0 N–H and O–H groups in total. The molecule has 0 rings (SSSR count). The number of rotatable bonds is 14. The molecule has 0 atom stereocenters. The van der Waals surface area contributed by atoms with E-state index in [4.69, 9.17) is 0 Å². The molecule has 0 spiro atoms. The number of quaternary nitrogens is 1. The van der Waals surface area contributed by atoms with Gasteiger partial charge in [-0.25, -0.2) is 0 Å². The number of aliphatic carboxylic acids is 1. The zero-order chi connectivity index (χ0) is 20.8. The number of hydrogen-bond acceptors (Lipinski definition) is 2. The van der Waals surface area contributed by atoms with Crippen molar-refractivity contribution in [2.24, 2.45) is 0 Å². The molecular weight excluding hydrogens is 334 g/mol. The van der Waals surface area contributed by atoms with Crippen LogP contribution >= 0.6 is 0 Å². The van der Waals surface area contributed by atoms with Gasteiger partial charge in [-0.05, 0) is 51.4 Å². The van der Waals surface area contributed by atoms with Gasteiger partial charge in [-0.3, -0.25) is 0 Å². The Labute approximate surface area is 168 Å². The minimum absolute atomic E-state index is 0.151. The standard InChI is InChI=1S/C20H32O2.C4H12N/c1-2-3-4-5-6-7-8-9-10-11-12-13-14-15-16-17-18-19-20(21)22;1-5(2,3)4/h6-7,9-10,12-13,15-16H,2-5,8,11,14,17-19H2,1H3,(H,21,22);1-4H3/q;+1/p-1. The largest absolute Gasteiger partial charge is 0.550 e. The summed E-state index contributed by atoms with van der Waals surface area (Å²) in [6.45, 7) is 2.23. The average Bonchev–Trinajstić information content (AvgIpc) is 2.56. The van der Waals surface area contributed by atoms with Crippen LogP contribution in [0, 0.1) is 0 Å². The minimum Gasteiger partial charge on any atom is -0.550 e. The van der Waals surface area contributed by atoms with E-state index >= 15 is 0 Å². The van der Waals surface area contributed by atoms with Crippen molar-refractivity contribution >= 4 is 5.97 Å². The first kappa shape index (κ1) is 27.6. The number of hydrogen-bond donors (Lipinski definition) is 0. The molecule has 0 aromatic carbocycles. The fraction of sp³-hybridized carbons (Fsp3) is 0.625. The van der Waals surface area contributed by atoms with Crippen LogP contribution in [0.25, 0.3) is 0 Å². The summed E-state index contributed by atoms with van der Waals surface area (Å²) in [6, 6.07) is 0. The molecule has 0 aromatic heterocycles. The monoisotopic (exact) mass is 377 g/mol. The Bertz CT molecular complexity index is 434. The Morgan fingerprint density at radius 3 is 1.44 bits per heavy atom. The van der Waals surface area contributed by atoms with Crippen molar-refractivity contribution < 1.29 is 14.4 Å². The van der Waals surface area contributed by atoms with Crippen molar-refractivity contribution in [1.29, 1.82) is 0 Å². The lowest BCUT2D eigenvalue weighted by molar-refractivity contribution is -0.849. The van der Waals surface area contributed by atoms with Gasteiger partial charge in [-0.2, -0.15) is 0 Å². The molecule has 0 saturated carbocycles. The average molecular weight is 378 g/mol. The SMILES string of the molecule is CCCCCC=CCC=CCC=CCC=CCCCC(=O)[O-].C[N+](C)(C)C. The highest BCUT2D eigenvalue weighted by Crippen LogP contribution is 2.01. The van der Waals surface area contributed by atoms with Crippen LogP contribution in [0.3, 0.4) is 0 Å². The van der Waals surface area contributed by atoms with Crippen molar-refractivity contribution in [3.8, 4) is 0 Å². The number of nitrogens with zero attached hydrogens (tertiary/aromatic N) is 1. The number of carboxylic acids is 1. The molecule has 0 fully saturated rings.